The first-order valence-corrected chi connectivity index (χ1v) is 14.6. The predicted octanol–water partition coefficient (Wildman–Crippen LogP) is 7.31. The maximum absolute atomic E-state index is 12.2. The molecule has 34 heavy (non-hydrogen) atoms. The SMILES string of the molecule is CC.CC(C)CCCC(C)C1CCC2C3C(CC(=O)O)CC4NC(=O)CCC4(C)C3CC[C@]12C. The Bertz CT molecular complexity index is 720. The highest BCUT2D eigenvalue weighted by molar-refractivity contribution is 5.77. The van der Waals surface area contributed by atoms with Crippen LogP contribution in [0.1, 0.15) is 119 Å². The molecule has 1 saturated heterocycles. The van der Waals surface area contributed by atoms with Gasteiger partial charge in [-0.15, -0.1) is 0 Å². The van der Waals surface area contributed by atoms with Crippen LogP contribution in [0.2, 0.25) is 0 Å². The van der Waals surface area contributed by atoms with E-state index in [4.69, 9.17) is 0 Å². The summed E-state index contributed by atoms with van der Waals surface area (Å²) in [6, 6.07) is 0.158. The first kappa shape index (κ1) is 27.5. The van der Waals surface area contributed by atoms with Gasteiger partial charge in [0.25, 0.3) is 0 Å². The van der Waals surface area contributed by atoms with Gasteiger partial charge in [0.1, 0.15) is 0 Å². The number of carbonyl (C=O) groups is 2. The molecule has 3 saturated carbocycles. The minimum Gasteiger partial charge on any atom is -0.481 e. The second kappa shape index (κ2) is 10.9. The fourth-order valence-corrected chi connectivity index (χ4v) is 9.31. The van der Waals surface area contributed by atoms with Crippen LogP contribution in [-0.2, 0) is 9.59 Å². The second-order valence-electron chi connectivity index (χ2n) is 13.0. The molecule has 196 valence electrons. The van der Waals surface area contributed by atoms with E-state index in [1.807, 2.05) is 13.8 Å². The van der Waals surface area contributed by atoms with Crippen LogP contribution in [0.15, 0.2) is 0 Å². The van der Waals surface area contributed by atoms with Gasteiger partial charge in [-0.25, -0.2) is 0 Å². The van der Waals surface area contributed by atoms with Crippen LogP contribution in [0.4, 0.5) is 0 Å². The lowest BCUT2D eigenvalue weighted by Gasteiger charge is -2.62. The van der Waals surface area contributed by atoms with Gasteiger partial charge in [0.2, 0.25) is 5.91 Å². The normalized spacial score (nSPS) is 41.9. The van der Waals surface area contributed by atoms with Crippen LogP contribution in [0, 0.1) is 52.3 Å². The predicted molar refractivity (Wildman–Crippen MR) is 139 cm³/mol. The number of carboxylic acids is 1. The topological polar surface area (TPSA) is 66.4 Å². The zero-order valence-corrected chi connectivity index (χ0v) is 23.2. The summed E-state index contributed by atoms with van der Waals surface area (Å²) in [6.45, 7) is 16.1. The Balaban J connectivity index is 0.00000158. The van der Waals surface area contributed by atoms with Gasteiger partial charge >= 0.3 is 5.97 Å². The van der Waals surface area contributed by atoms with Crippen molar-refractivity contribution < 1.29 is 14.7 Å². The van der Waals surface area contributed by atoms with Gasteiger partial charge in [0, 0.05) is 18.9 Å². The zero-order chi connectivity index (χ0) is 25.3. The smallest absolute Gasteiger partial charge is 0.303 e. The van der Waals surface area contributed by atoms with Crippen molar-refractivity contribution in [2.75, 3.05) is 0 Å². The number of piperidine rings is 1. The molecule has 0 aromatic heterocycles. The molecule has 0 aromatic rings. The van der Waals surface area contributed by atoms with E-state index in [0.717, 1.165) is 30.6 Å². The van der Waals surface area contributed by atoms with E-state index in [0.29, 0.717) is 29.6 Å². The molecule has 9 atom stereocenters. The number of aliphatic carboxylic acids is 1. The molecule has 0 radical (unpaired) electrons. The van der Waals surface area contributed by atoms with Crippen molar-refractivity contribution in [2.45, 2.75) is 125 Å². The number of hydrogen-bond acceptors (Lipinski definition) is 2. The van der Waals surface area contributed by atoms with Gasteiger partial charge < -0.3 is 10.4 Å². The summed E-state index contributed by atoms with van der Waals surface area (Å²) in [6.07, 6.45) is 11.8. The van der Waals surface area contributed by atoms with E-state index < -0.39 is 5.97 Å². The molecule has 4 aliphatic rings. The summed E-state index contributed by atoms with van der Waals surface area (Å²) in [5.41, 5.74) is 0.492. The van der Waals surface area contributed by atoms with Crippen molar-refractivity contribution >= 4 is 11.9 Å². The molecule has 4 heteroatoms. The van der Waals surface area contributed by atoms with Crippen LogP contribution in [0.25, 0.3) is 0 Å². The quantitative estimate of drug-likeness (QED) is 0.405. The Morgan fingerprint density at radius 3 is 2.35 bits per heavy atom. The van der Waals surface area contributed by atoms with Crippen molar-refractivity contribution in [3.8, 4) is 0 Å². The number of fused-ring (bicyclic) bond motifs is 5. The van der Waals surface area contributed by atoms with Crippen molar-refractivity contribution in [2.24, 2.45) is 52.3 Å². The van der Waals surface area contributed by atoms with Crippen molar-refractivity contribution in [1.82, 2.24) is 5.32 Å². The molecule has 0 spiro atoms. The highest BCUT2D eigenvalue weighted by atomic mass is 16.4. The summed E-state index contributed by atoms with van der Waals surface area (Å²) in [4.78, 5) is 24.1. The lowest BCUT2D eigenvalue weighted by atomic mass is 9.44. The van der Waals surface area contributed by atoms with Crippen molar-refractivity contribution in [1.29, 1.82) is 0 Å². The van der Waals surface area contributed by atoms with Crippen LogP contribution >= 0.6 is 0 Å². The largest absolute Gasteiger partial charge is 0.481 e. The molecule has 1 heterocycles. The number of hydrogen-bond donors (Lipinski definition) is 2. The molecule has 8 unspecified atom stereocenters. The van der Waals surface area contributed by atoms with E-state index in [1.54, 1.807) is 0 Å². The average Bonchev–Trinajstić information content (AvgIpc) is 3.13. The lowest BCUT2D eigenvalue weighted by Crippen LogP contribution is -2.63. The van der Waals surface area contributed by atoms with Crippen LogP contribution in [-0.4, -0.2) is 23.0 Å². The molecule has 0 aromatic carbocycles. The summed E-state index contributed by atoms with van der Waals surface area (Å²) >= 11 is 0. The van der Waals surface area contributed by atoms with E-state index in [1.165, 1.54) is 44.9 Å². The highest BCUT2D eigenvalue weighted by Gasteiger charge is 2.63. The first-order chi connectivity index (χ1) is 16.1. The molecule has 4 fully saturated rings. The maximum atomic E-state index is 12.2. The average molecular weight is 476 g/mol. The molecular formula is C30H53NO3. The molecule has 2 N–H and O–H groups in total. The van der Waals surface area contributed by atoms with Crippen molar-refractivity contribution in [3.63, 3.8) is 0 Å². The first-order valence-electron chi connectivity index (χ1n) is 14.6. The van der Waals surface area contributed by atoms with E-state index in [2.05, 4.69) is 39.9 Å². The van der Waals surface area contributed by atoms with Gasteiger partial charge in [-0.2, -0.15) is 0 Å². The van der Waals surface area contributed by atoms with Crippen LogP contribution < -0.4 is 5.32 Å². The highest BCUT2D eigenvalue weighted by Crippen LogP contribution is 2.68. The lowest BCUT2D eigenvalue weighted by molar-refractivity contribution is -0.154. The molecule has 1 amide bonds. The molecule has 3 aliphatic carbocycles. The Hall–Kier alpha value is -1.06. The summed E-state index contributed by atoms with van der Waals surface area (Å²) < 4.78 is 0. The fraction of sp³-hybridized carbons (Fsp3) is 0.933. The van der Waals surface area contributed by atoms with Gasteiger partial charge in [-0.3, -0.25) is 9.59 Å². The van der Waals surface area contributed by atoms with Gasteiger partial charge in [-0.05, 0) is 90.8 Å². The molecule has 0 bridgehead atoms. The van der Waals surface area contributed by atoms with Crippen LogP contribution in [0.3, 0.4) is 0 Å². The summed E-state index contributed by atoms with van der Waals surface area (Å²) in [5, 5.41) is 13.1. The molecule has 4 rings (SSSR count). The van der Waals surface area contributed by atoms with Gasteiger partial charge in [0.15, 0.2) is 0 Å². The Kier molecular flexibility index (Phi) is 8.83. The van der Waals surface area contributed by atoms with E-state index in [9.17, 15) is 14.7 Å². The second-order valence-corrected chi connectivity index (χ2v) is 13.0. The Morgan fingerprint density at radius 1 is 1.03 bits per heavy atom. The molecular weight excluding hydrogens is 422 g/mol. The third kappa shape index (κ3) is 5.07. The number of carbonyl (C=O) groups excluding carboxylic acids is 1. The standard InChI is InChI=1S/C28H47NO3.C2H6/c1-17(2)7-6-8-18(3)20-9-10-21-26-19(16-25(31)32)15-23-28(5,14-12-24(30)29-23)22(26)11-13-27(20,21)4;1-2/h17-23,26H,6-16H2,1-5H3,(H,29,30)(H,31,32);1-2H3/t18?,19?,20?,21?,22?,23?,26?,27-,28?;/m1./s1. The number of carboxylic acid groups (broad SMARTS) is 1. The van der Waals surface area contributed by atoms with Gasteiger partial charge in [-0.1, -0.05) is 67.7 Å². The number of rotatable bonds is 7. The number of amides is 1. The minimum absolute atomic E-state index is 0.135. The third-order valence-electron chi connectivity index (χ3n) is 10.9. The monoisotopic (exact) mass is 475 g/mol. The van der Waals surface area contributed by atoms with E-state index >= 15 is 0 Å². The van der Waals surface area contributed by atoms with Gasteiger partial charge in [0.05, 0.1) is 0 Å². The van der Waals surface area contributed by atoms with Crippen LogP contribution in [0.5, 0.6) is 0 Å². The zero-order valence-electron chi connectivity index (χ0n) is 23.2. The third-order valence-corrected chi connectivity index (χ3v) is 10.9. The maximum Gasteiger partial charge on any atom is 0.303 e. The number of nitrogens with one attached hydrogen (secondary N) is 1. The fourth-order valence-electron chi connectivity index (χ4n) is 9.31. The summed E-state index contributed by atoms with van der Waals surface area (Å²) in [7, 11) is 0. The molecule has 1 aliphatic heterocycles. The Labute approximate surface area is 209 Å². The van der Waals surface area contributed by atoms with E-state index in [-0.39, 0.29) is 29.7 Å². The Morgan fingerprint density at radius 2 is 1.71 bits per heavy atom. The minimum atomic E-state index is -0.664. The van der Waals surface area contributed by atoms with Crippen molar-refractivity contribution in [3.05, 3.63) is 0 Å². The molecule has 4 nitrogen and oxygen atoms in total. The summed E-state index contributed by atoms with van der Waals surface area (Å²) in [5.74, 6) is 3.75.